The molecule has 0 bridgehead atoms. The predicted octanol–water partition coefficient (Wildman–Crippen LogP) is 3.37. The monoisotopic (exact) mass is 339 g/mol. The van der Waals surface area contributed by atoms with E-state index in [0.717, 1.165) is 0 Å². The van der Waals surface area contributed by atoms with Crippen LogP contribution in [0.4, 0.5) is 4.79 Å². The van der Waals surface area contributed by atoms with Gasteiger partial charge in [0.1, 0.15) is 17.2 Å². The van der Waals surface area contributed by atoms with Crippen molar-refractivity contribution in [2.45, 2.75) is 0 Å². The Balaban J connectivity index is 1.84. The number of rotatable bonds is 3. The summed E-state index contributed by atoms with van der Waals surface area (Å²) in [6, 6.07) is 11.9. The molecule has 0 atom stereocenters. The number of methoxy groups -OCH3 is 1. The zero-order valence-corrected chi connectivity index (χ0v) is 14.1. The lowest BCUT2D eigenvalue weighted by atomic mass is 10.1. The molecule has 6 heteroatoms. The van der Waals surface area contributed by atoms with Crippen molar-refractivity contribution in [3.63, 3.8) is 0 Å². The van der Waals surface area contributed by atoms with Crippen molar-refractivity contribution in [3.8, 4) is 17.2 Å². The number of Topliss-reactive ketones (excluding diaryl/α,β-unsaturated/α-hetero) is 1. The van der Waals surface area contributed by atoms with Crippen LogP contribution in [0, 0.1) is 0 Å². The van der Waals surface area contributed by atoms with Crippen LogP contribution in [-0.4, -0.2) is 38.0 Å². The molecule has 1 aliphatic heterocycles. The Kier molecular flexibility index (Phi) is 4.43. The quantitative estimate of drug-likeness (QED) is 0.802. The second-order valence-corrected chi connectivity index (χ2v) is 5.64. The van der Waals surface area contributed by atoms with E-state index in [9.17, 15) is 9.59 Å². The van der Waals surface area contributed by atoms with Gasteiger partial charge in [0.2, 0.25) is 5.78 Å². The van der Waals surface area contributed by atoms with E-state index < -0.39 is 6.09 Å². The number of fused-ring (bicyclic) bond motifs is 1. The summed E-state index contributed by atoms with van der Waals surface area (Å²) >= 11 is 0. The number of ether oxygens (including phenoxy) is 3. The molecule has 1 aliphatic rings. The normalized spacial score (nSPS) is 14.0. The van der Waals surface area contributed by atoms with Gasteiger partial charge in [-0.1, -0.05) is 12.1 Å². The molecule has 0 aliphatic carbocycles. The van der Waals surface area contributed by atoms with Crippen molar-refractivity contribution in [3.05, 3.63) is 59.4 Å². The molecule has 0 aromatic heterocycles. The van der Waals surface area contributed by atoms with E-state index in [-0.39, 0.29) is 11.5 Å². The van der Waals surface area contributed by atoms with Crippen LogP contribution >= 0.6 is 0 Å². The van der Waals surface area contributed by atoms with Gasteiger partial charge in [-0.2, -0.15) is 0 Å². The van der Waals surface area contributed by atoms with Crippen LogP contribution < -0.4 is 14.2 Å². The van der Waals surface area contributed by atoms with E-state index in [0.29, 0.717) is 28.4 Å². The first-order valence-corrected chi connectivity index (χ1v) is 7.59. The molecule has 2 aromatic rings. The Morgan fingerprint density at radius 1 is 1.12 bits per heavy atom. The van der Waals surface area contributed by atoms with Gasteiger partial charge in [-0.3, -0.25) is 4.79 Å². The first-order valence-electron chi connectivity index (χ1n) is 7.59. The van der Waals surface area contributed by atoms with Crippen LogP contribution in [0.3, 0.4) is 0 Å². The maximum absolute atomic E-state index is 12.4. The molecule has 25 heavy (non-hydrogen) atoms. The molecular formula is C19H17NO5. The minimum absolute atomic E-state index is 0.201. The highest BCUT2D eigenvalue weighted by molar-refractivity contribution is 6.14. The Labute approximate surface area is 145 Å². The Bertz CT molecular complexity index is 870. The highest BCUT2D eigenvalue weighted by atomic mass is 16.6. The van der Waals surface area contributed by atoms with Crippen molar-refractivity contribution < 1.29 is 23.8 Å². The lowest BCUT2D eigenvalue weighted by Gasteiger charge is -2.10. The summed E-state index contributed by atoms with van der Waals surface area (Å²) < 4.78 is 16.0. The third kappa shape index (κ3) is 3.47. The van der Waals surface area contributed by atoms with Gasteiger partial charge < -0.3 is 19.1 Å². The predicted molar refractivity (Wildman–Crippen MR) is 92.1 cm³/mol. The summed E-state index contributed by atoms with van der Waals surface area (Å²) in [7, 11) is 4.76. The maximum atomic E-state index is 12.4. The number of carbonyl (C=O) groups is 2. The third-order valence-corrected chi connectivity index (χ3v) is 3.60. The zero-order valence-electron chi connectivity index (χ0n) is 14.1. The molecule has 0 saturated heterocycles. The van der Waals surface area contributed by atoms with Crippen molar-refractivity contribution in [2.24, 2.45) is 0 Å². The van der Waals surface area contributed by atoms with E-state index in [1.54, 1.807) is 69.7 Å². The summed E-state index contributed by atoms with van der Waals surface area (Å²) in [5.74, 6) is 1.47. The number of hydrogen-bond donors (Lipinski definition) is 0. The second kappa shape index (κ2) is 6.68. The van der Waals surface area contributed by atoms with Crippen LogP contribution in [0.5, 0.6) is 17.2 Å². The third-order valence-electron chi connectivity index (χ3n) is 3.60. The minimum Gasteiger partial charge on any atom is -0.497 e. The lowest BCUT2D eigenvalue weighted by molar-refractivity contribution is 0.101. The van der Waals surface area contributed by atoms with Gasteiger partial charge in [0.25, 0.3) is 0 Å². The minimum atomic E-state index is -0.475. The fourth-order valence-electron chi connectivity index (χ4n) is 2.31. The van der Waals surface area contributed by atoms with Gasteiger partial charge in [0.05, 0.1) is 12.7 Å². The fourth-order valence-corrected chi connectivity index (χ4v) is 2.31. The molecule has 0 spiro atoms. The van der Waals surface area contributed by atoms with Gasteiger partial charge >= 0.3 is 6.09 Å². The van der Waals surface area contributed by atoms with Crippen LogP contribution in [0.2, 0.25) is 0 Å². The molecule has 0 saturated carbocycles. The standard InChI is InChI=1S/C19H17NO5/c1-20(2)19(22)24-14-6-4-5-12(9-14)10-17-18(21)15-8-7-13(23-3)11-16(15)25-17/h4-11H,1-3H3/b17-10-. The van der Waals surface area contributed by atoms with Gasteiger partial charge in [-0.15, -0.1) is 0 Å². The largest absolute Gasteiger partial charge is 0.497 e. The first kappa shape index (κ1) is 16.6. The van der Waals surface area contributed by atoms with Crippen LogP contribution in [-0.2, 0) is 0 Å². The molecule has 0 fully saturated rings. The number of ketones is 1. The zero-order chi connectivity index (χ0) is 18.0. The van der Waals surface area contributed by atoms with E-state index >= 15 is 0 Å². The summed E-state index contributed by atoms with van der Waals surface area (Å²) in [6.07, 6.45) is 1.14. The smallest absolute Gasteiger partial charge is 0.414 e. The lowest BCUT2D eigenvalue weighted by Crippen LogP contribution is -2.25. The molecule has 0 N–H and O–H groups in total. The topological polar surface area (TPSA) is 65.1 Å². The average Bonchev–Trinajstić information content (AvgIpc) is 2.90. The Morgan fingerprint density at radius 3 is 2.64 bits per heavy atom. The van der Waals surface area contributed by atoms with E-state index in [2.05, 4.69) is 0 Å². The molecule has 128 valence electrons. The average molecular weight is 339 g/mol. The number of nitrogens with zero attached hydrogens (tertiary/aromatic N) is 1. The van der Waals surface area contributed by atoms with E-state index in [1.165, 1.54) is 4.90 Å². The summed E-state index contributed by atoms with van der Waals surface area (Å²) in [5, 5.41) is 0. The SMILES string of the molecule is COc1ccc2c(c1)O/C(=C\c1cccc(OC(=O)N(C)C)c1)C2=O. The highest BCUT2D eigenvalue weighted by Crippen LogP contribution is 2.34. The van der Waals surface area contributed by atoms with Gasteiger partial charge in [0, 0.05) is 20.2 Å². The molecule has 1 amide bonds. The second-order valence-electron chi connectivity index (χ2n) is 5.64. The summed E-state index contributed by atoms with van der Waals surface area (Å²) in [5.41, 5.74) is 1.18. The fraction of sp³-hybridized carbons (Fsp3) is 0.158. The molecule has 2 aromatic carbocycles. The van der Waals surface area contributed by atoms with Crippen molar-refractivity contribution in [2.75, 3.05) is 21.2 Å². The van der Waals surface area contributed by atoms with E-state index in [4.69, 9.17) is 14.2 Å². The van der Waals surface area contributed by atoms with Gasteiger partial charge in [0.15, 0.2) is 5.76 Å². The Hall–Kier alpha value is -3.28. The van der Waals surface area contributed by atoms with Crippen molar-refractivity contribution in [1.29, 1.82) is 0 Å². The number of allylic oxidation sites excluding steroid dienone is 1. The molecule has 6 nitrogen and oxygen atoms in total. The number of hydrogen-bond acceptors (Lipinski definition) is 5. The van der Waals surface area contributed by atoms with Gasteiger partial charge in [-0.05, 0) is 35.9 Å². The summed E-state index contributed by atoms with van der Waals surface area (Å²) in [6.45, 7) is 0. The number of amides is 1. The number of benzene rings is 2. The van der Waals surface area contributed by atoms with Crippen molar-refractivity contribution >= 4 is 18.0 Å². The van der Waals surface area contributed by atoms with Crippen LogP contribution in [0.1, 0.15) is 15.9 Å². The molecular weight excluding hydrogens is 322 g/mol. The van der Waals surface area contributed by atoms with Crippen LogP contribution in [0.15, 0.2) is 48.2 Å². The molecule has 3 rings (SSSR count). The number of carbonyl (C=O) groups excluding carboxylic acids is 2. The first-order chi connectivity index (χ1) is 12.0. The molecule has 0 unspecified atom stereocenters. The van der Waals surface area contributed by atoms with Crippen LogP contribution in [0.25, 0.3) is 6.08 Å². The molecule has 0 radical (unpaired) electrons. The molecule has 1 heterocycles. The van der Waals surface area contributed by atoms with E-state index in [1.807, 2.05) is 0 Å². The van der Waals surface area contributed by atoms with Crippen molar-refractivity contribution in [1.82, 2.24) is 4.90 Å². The van der Waals surface area contributed by atoms with Gasteiger partial charge in [-0.25, -0.2) is 4.79 Å². The maximum Gasteiger partial charge on any atom is 0.414 e. The summed E-state index contributed by atoms with van der Waals surface area (Å²) in [4.78, 5) is 25.4. The Morgan fingerprint density at radius 2 is 1.92 bits per heavy atom. The highest BCUT2D eigenvalue weighted by Gasteiger charge is 2.27.